The van der Waals surface area contributed by atoms with Crippen LogP contribution in [0.5, 0.6) is 0 Å². The molecule has 0 bridgehead atoms. The van der Waals surface area contributed by atoms with Crippen LogP contribution in [0.3, 0.4) is 0 Å². The number of aliphatic hydroxyl groups excluding tert-OH is 1. The first-order chi connectivity index (χ1) is 6.65. The molecular formula is C7H12N6O. The summed E-state index contributed by atoms with van der Waals surface area (Å²) < 4.78 is 0. The van der Waals surface area contributed by atoms with Crippen molar-refractivity contribution >= 4 is 11.9 Å². The molecule has 2 atom stereocenters. The molecule has 1 aromatic heterocycles. The van der Waals surface area contributed by atoms with E-state index in [1.165, 1.54) is 0 Å². The maximum absolute atomic E-state index is 9.30. The molecule has 7 heteroatoms. The molecule has 0 radical (unpaired) electrons. The molecule has 1 aliphatic rings. The standard InChI is InChI=1S/C7H12N6O/c8-6-11-5(12-7(9)13-6)4-1-3(14)2-10-4/h3-4,10,14H,1-2H2,(H4,8,9,11,12,13). The fraction of sp³-hybridized carbons (Fsp3) is 0.571. The minimum absolute atomic E-state index is 0.0856. The summed E-state index contributed by atoms with van der Waals surface area (Å²) in [7, 11) is 0. The number of hydrogen-bond donors (Lipinski definition) is 4. The van der Waals surface area contributed by atoms with Gasteiger partial charge in [-0.15, -0.1) is 0 Å². The van der Waals surface area contributed by atoms with E-state index in [0.717, 1.165) is 0 Å². The minimum Gasteiger partial charge on any atom is -0.392 e. The van der Waals surface area contributed by atoms with Gasteiger partial charge in [0, 0.05) is 6.54 Å². The number of nitrogens with one attached hydrogen (secondary N) is 1. The predicted octanol–water partition coefficient (Wildman–Crippen LogP) is -1.57. The molecule has 0 aromatic carbocycles. The van der Waals surface area contributed by atoms with Crippen molar-refractivity contribution in [3.05, 3.63) is 5.82 Å². The van der Waals surface area contributed by atoms with E-state index in [1.54, 1.807) is 0 Å². The highest BCUT2D eigenvalue weighted by molar-refractivity contribution is 5.27. The molecule has 7 nitrogen and oxygen atoms in total. The Morgan fingerprint density at radius 2 is 1.86 bits per heavy atom. The van der Waals surface area contributed by atoms with Gasteiger partial charge in [-0.25, -0.2) is 0 Å². The zero-order valence-electron chi connectivity index (χ0n) is 7.51. The van der Waals surface area contributed by atoms with Crippen LogP contribution in [-0.2, 0) is 0 Å². The van der Waals surface area contributed by atoms with E-state index in [-0.39, 0.29) is 24.0 Å². The number of nitrogens with zero attached hydrogens (tertiary/aromatic N) is 3. The van der Waals surface area contributed by atoms with Gasteiger partial charge in [-0.05, 0) is 6.42 Å². The molecule has 1 fully saturated rings. The van der Waals surface area contributed by atoms with E-state index in [4.69, 9.17) is 11.5 Å². The number of hydrogen-bond acceptors (Lipinski definition) is 7. The third-order valence-electron chi connectivity index (χ3n) is 2.11. The van der Waals surface area contributed by atoms with Gasteiger partial charge in [0.25, 0.3) is 0 Å². The Bertz CT molecular complexity index is 323. The third kappa shape index (κ3) is 1.73. The van der Waals surface area contributed by atoms with Crippen LogP contribution in [0.15, 0.2) is 0 Å². The SMILES string of the molecule is Nc1nc(N)nc(C2CC(O)CN2)n1. The molecule has 0 aliphatic carbocycles. The second-order valence-electron chi connectivity index (χ2n) is 3.26. The first-order valence-corrected chi connectivity index (χ1v) is 4.33. The Labute approximate surface area is 80.6 Å². The normalized spacial score (nSPS) is 26.6. The van der Waals surface area contributed by atoms with Gasteiger partial charge in [-0.3, -0.25) is 0 Å². The highest BCUT2D eigenvalue weighted by atomic mass is 16.3. The van der Waals surface area contributed by atoms with Crippen molar-refractivity contribution in [2.45, 2.75) is 18.6 Å². The van der Waals surface area contributed by atoms with Crippen LogP contribution in [0.2, 0.25) is 0 Å². The molecule has 76 valence electrons. The molecule has 1 aromatic rings. The van der Waals surface area contributed by atoms with Crippen molar-refractivity contribution in [1.82, 2.24) is 20.3 Å². The zero-order chi connectivity index (χ0) is 10.1. The van der Waals surface area contributed by atoms with Crippen molar-refractivity contribution in [3.63, 3.8) is 0 Å². The summed E-state index contributed by atoms with van der Waals surface area (Å²) in [5, 5.41) is 12.4. The van der Waals surface area contributed by atoms with Gasteiger partial charge in [0.15, 0.2) is 5.82 Å². The first-order valence-electron chi connectivity index (χ1n) is 4.33. The van der Waals surface area contributed by atoms with Gasteiger partial charge in [0.05, 0.1) is 12.1 Å². The van der Waals surface area contributed by atoms with Crippen LogP contribution in [0.1, 0.15) is 18.3 Å². The number of nitrogens with two attached hydrogens (primary N) is 2. The maximum atomic E-state index is 9.30. The lowest BCUT2D eigenvalue weighted by Gasteiger charge is -2.08. The van der Waals surface area contributed by atoms with E-state index in [2.05, 4.69) is 20.3 Å². The fourth-order valence-electron chi connectivity index (χ4n) is 1.50. The first kappa shape index (κ1) is 9.10. The number of anilines is 2. The molecule has 0 spiro atoms. The highest BCUT2D eigenvalue weighted by Crippen LogP contribution is 2.20. The average molecular weight is 196 g/mol. The lowest BCUT2D eigenvalue weighted by Crippen LogP contribution is -2.18. The van der Waals surface area contributed by atoms with Gasteiger partial charge >= 0.3 is 0 Å². The van der Waals surface area contributed by atoms with Crippen molar-refractivity contribution in [1.29, 1.82) is 0 Å². The number of nitrogen functional groups attached to an aromatic ring is 2. The molecular weight excluding hydrogens is 184 g/mol. The third-order valence-corrected chi connectivity index (χ3v) is 2.11. The Morgan fingerprint density at radius 1 is 1.21 bits per heavy atom. The molecule has 2 unspecified atom stereocenters. The summed E-state index contributed by atoms with van der Waals surface area (Å²) in [5.74, 6) is 0.706. The van der Waals surface area contributed by atoms with Gasteiger partial charge in [0.2, 0.25) is 11.9 Å². The van der Waals surface area contributed by atoms with Crippen molar-refractivity contribution in [3.8, 4) is 0 Å². The van der Waals surface area contributed by atoms with Crippen LogP contribution in [0.4, 0.5) is 11.9 Å². The molecule has 0 amide bonds. The van der Waals surface area contributed by atoms with E-state index in [9.17, 15) is 5.11 Å². The Hall–Kier alpha value is -1.47. The Kier molecular flexibility index (Phi) is 2.18. The smallest absolute Gasteiger partial charge is 0.225 e. The maximum Gasteiger partial charge on any atom is 0.225 e. The van der Waals surface area contributed by atoms with Crippen LogP contribution < -0.4 is 16.8 Å². The summed E-state index contributed by atoms with van der Waals surface area (Å²) in [4.78, 5) is 11.6. The second kappa shape index (κ2) is 3.35. The summed E-state index contributed by atoms with van der Waals surface area (Å²) in [6.45, 7) is 0.538. The number of aromatic nitrogens is 3. The largest absolute Gasteiger partial charge is 0.392 e. The monoisotopic (exact) mass is 196 g/mol. The predicted molar refractivity (Wildman–Crippen MR) is 50.0 cm³/mol. The van der Waals surface area contributed by atoms with Crippen LogP contribution >= 0.6 is 0 Å². The lowest BCUT2D eigenvalue weighted by molar-refractivity contribution is 0.193. The quantitative estimate of drug-likeness (QED) is 0.428. The molecule has 1 aliphatic heterocycles. The fourth-order valence-corrected chi connectivity index (χ4v) is 1.50. The van der Waals surface area contributed by atoms with Gasteiger partial charge < -0.3 is 21.9 Å². The Balaban J connectivity index is 2.23. The summed E-state index contributed by atoms with van der Waals surface area (Å²) in [6, 6.07) is -0.0856. The van der Waals surface area contributed by atoms with Crippen LogP contribution in [-0.4, -0.2) is 32.7 Å². The molecule has 6 N–H and O–H groups in total. The molecule has 14 heavy (non-hydrogen) atoms. The topological polar surface area (TPSA) is 123 Å². The highest BCUT2D eigenvalue weighted by Gasteiger charge is 2.26. The van der Waals surface area contributed by atoms with E-state index in [0.29, 0.717) is 18.8 Å². The molecule has 1 saturated heterocycles. The van der Waals surface area contributed by atoms with E-state index < -0.39 is 0 Å². The molecule has 2 rings (SSSR count). The molecule has 0 saturated carbocycles. The van der Waals surface area contributed by atoms with Gasteiger partial charge in [-0.1, -0.05) is 0 Å². The van der Waals surface area contributed by atoms with Gasteiger partial charge in [-0.2, -0.15) is 15.0 Å². The summed E-state index contributed by atoms with van der Waals surface area (Å²) >= 11 is 0. The van der Waals surface area contributed by atoms with Crippen LogP contribution in [0, 0.1) is 0 Å². The number of β-amino-alcohol motifs (C(OH)–C–C–N with tert-alkyl or cyclic N) is 1. The average Bonchev–Trinajstić information content (AvgIpc) is 2.50. The van der Waals surface area contributed by atoms with Crippen molar-refractivity contribution < 1.29 is 5.11 Å². The van der Waals surface area contributed by atoms with Crippen LogP contribution in [0.25, 0.3) is 0 Å². The second-order valence-corrected chi connectivity index (χ2v) is 3.26. The van der Waals surface area contributed by atoms with Crippen molar-refractivity contribution in [2.75, 3.05) is 18.0 Å². The minimum atomic E-state index is -0.362. The van der Waals surface area contributed by atoms with Gasteiger partial charge in [0.1, 0.15) is 0 Å². The van der Waals surface area contributed by atoms with E-state index in [1.807, 2.05) is 0 Å². The molecule has 2 heterocycles. The Morgan fingerprint density at radius 3 is 2.36 bits per heavy atom. The summed E-state index contributed by atoms with van der Waals surface area (Å²) in [6.07, 6.45) is 0.210. The summed E-state index contributed by atoms with van der Waals surface area (Å²) in [5.41, 5.74) is 10.9. The lowest BCUT2D eigenvalue weighted by atomic mass is 10.2. The van der Waals surface area contributed by atoms with E-state index >= 15 is 0 Å². The number of rotatable bonds is 1. The number of aliphatic hydroxyl groups is 1. The zero-order valence-corrected chi connectivity index (χ0v) is 7.51. The van der Waals surface area contributed by atoms with Crippen molar-refractivity contribution in [2.24, 2.45) is 0 Å².